The number of rotatable bonds is 3. The first-order valence-corrected chi connectivity index (χ1v) is 8.56. The Balaban J connectivity index is 1.74. The van der Waals surface area contributed by atoms with Crippen molar-refractivity contribution in [2.45, 2.75) is 6.92 Å². The Hall–Kier alpha value is -3.25. The molecule has 1 aromatic heterocycles. The lowest BCUT2D eigenvalue weighted by Crippen LogP contribution is -2.44. The summed E-state index contributed by atoms with van der Waals surface area (Å²) in [6, 6.07) is 23.3. The number of aliphatic imine (C=N–C) groups is 1. The highest BCUT2D eigenvalue weighted by molar-refractivity contribution is 7.80. The number of amidine groups is 1. The summed E-state index contributed by atoms with van der Waals surface area (Å²) in [5, 5.41) is 3.54. The van der Waals surface area contributed by atoms with Gasteiger partial charge in [0.1, 0.15) is 5.69 Å². The largest absolute Gasteiger partial charge is 0.331 e. The van der Waals surface area contributed by atoms with E-state index in [1.54, 1.807) is 6.20 Å². The molecular formula is C20H19N5S. The number of benzene rings is 2. The lowest BCUT2D eigenvalue weighted by molar-refractivity contribution is 0.869. The SMILES string of the molecule is Cc1ccc(N=C(NNC(=S)Nc2ccccc2)c2ccccn2)cc1. The molecule has 3 N–H and O–H groups in total. The van der Waals surface area contributed by atoms with Crippen molar-refractivity contribution in [1.29, 1.82) is 0 Å². The van der Waals surface area contributed by atoms with Crippen LogP contribution in [0, 0.1) is 6.92 Å². The smallest absolute Gasteiger partial charge is 0.189 e. The van der Waals surface area contributed by atoms with Gasteiger partial charge in [0, 0.05) is 11.9 Å². The Labute approximate surface area is 158 Å². The van der Waals surface area contributed by atoms with Gasteiger partial charge in [0.25, 0.3) is 0 Å². The molecule has 0 aliphatic carbocycles. The normalized spacial score (nSPS) is 10.9. The average molecular weight is 361 g/mol. The van der Waals surface area contributed by atoms with E-state index in [0.29, 0.717) is 16.6 Å². The van der Waals surface area contributed by atoms with Crippen LogP contribution in [0.25, 0.3) is 0 Å². The molecule has 5 nitrogen and oxygen atoms in total. The summed E-state index contributed by atoms with van der Waals surface area (Å²) in [7, 11) is 0. The second-order valence-electron chi connectivity index (χ2n) is 5.58. The fraction of sp³-hybridized carbons (Fsp3) is 0.0500. The number of hydrogen-bond acceptors (Lipinski definition) is 3. The van der Waals surface area contributed by atoms with Gasteiger partial charge in [0.2, 0.25) is 0 Å². The molecule has 3 rings (SSSR count). The molecular weight excluding hydrogens is 342 g/mol. The van der Waals surface area contributed by atoms with Crippen molar-refractivity contribution in [2.24, 2.45) is 4.99 Å². The summed E-state index contributed by atoms with van der Waals surface area (Å²) in [5.74, 6) is 0.576. The molecule has 0 bridgehead atoms. The molecule has 1 heterocycles. The van der Waals surface area contributed by atoms with Crippen LogP contribution in [0.15, 0.2) is 84.0 Å². The van der Waals surface area contributed by atoms with Crippen LogP contribution >= 0.6 is 12.2 Å². The Morgan fingerprint density at radius 3 is 2.31 bits per heavy atom. The molecule has 0 aliphatic rings. The zero-order valence-corrected chi connectivity index (χ0v) is 15.1. The monoisotopic (exact) mass is 361 g/mol. The van der Waals surface area contributed by atoms with Gasteiger partial charge >= 0.3 is 0 Å². The van der Waals surface area contributed by atoms with E-state index in [9.17, 15) is 0 Å². The van der Waals surface area contributed by atoms with E-state index in [-0.39, 0.29) is 0 Å². The maximum Gasteiger partial charge on any atom is 0.189 e. The lowest BCUT2D eigenvalue weighted by Gasteiger charge is -2.14. The molecule has 0 saturated carbocycles. The van der Waals surface area contributed by atoms with Crippen LogP contribution in [-0.4, -0.2) is 15.9 Å². The van der Waals surface area contributed by atoms with Crippen molar-refractivity contribution in [3.05, 3.63) is 90.3 Å². The minimum Gasteiger partial charge on any atom is -0.331 e. The van der Waals surface area contributed by atoms with Crippen molar-refractivity contribution in [2.75, 3.05) is 5.32 Å². The van der Waals surface area contributed by atoms with Gasteiger partial charge < -0.3 is 5.32 Å². The van der Waals surface area contributed by atoms with Crippen LogP contribution in [0.3, 0.4) is 0 Å². The minimum atomic E-state index is 0.434. The number of para-hydroxylation sites is 1. The van der Waals surface area contributed by atoms with Crippen molar-refractivity contribution in [3.8, 4) is 0 Å². The van der Waals surface area contributed by atoms with Crippen LogP contribution in [0.5, 0.6) is 0 Å². The van der Waals surface area contributed by atoms with E-state index in [2.05, 4.69) is 26.1 Å². The van der Waals surface area contributed by atoms with Crippen LogP contribution < -0.4 is 16.2 Å². The average Bonchev–Trinajstić information content (AvgIpc) is 2.68. The number of anilines is 1. The van der Waals surface area contributed by atoms with Gasteiger partial charge in [-0.2, -0.15) is 0 Å². The summed E-state index contributed by atoms with van der Waals surface area (Å²) < 4.78 is 0. The van der Waals surface area contributed by atoms with E-state index >= 15 is 0 Å². The van der Waals surface area contributed by atoms with Crippen LogP contribution in [0.1, 0.15) is 11.3 Å². The second-order valence-corrected chi connectivity index (χ2v) is 5.99. The Morgan fingerprint density at radius 1 is 0.885 bits per heavy atom. The third kappa shape index (κ3) is 5.12. The van der Waals surface area contributed by atoms with Gasteiger partial charge in [-0.1, -0.05) is 42.0 Å². The van der Waals surface area contributed by atoms with Gasteiger partial charge in [-0.25, -0.2) is 4.99 Å². The first kappa shape index (κ1) is 17.6. The molecule has 0 saturated heterocycles. The number of nitrogens with one attached hydrogen (secondary N) is 3. The van der Waals surface area contributed by atoms with E-state index in [1.807, 2.05) is 79.7 Å². The van der Waals surface area contributed by atoms with Crippen molar-refractivity contribution in [3.63, 3.8) is 0 Å². The maximum atomic E-state index is 5.33. The quantitative estimate of drug-likeness (QED) is 0.285. The fourth-order valence-electron chi connectivity index (χ4n) is 2.20. The number of aryl methyl sites for hydroxylation is 1. The Morgan fingerprint density at radius 2 is 1.62 bits per heavy atom. The van der Waals surface area contributed by atoms with E-state index < -0.39 is 0 Å². The molecule has 0 atom stereocenters. The van der Waals surface area contributed by atoms with Crippen molar-refractivity contribution < 1.29 is 0 Å². The van der Waals surface area contributed by atoms with Crippen LogP contribution in [-0.2, 0) is 0 Å². The van der Waals surface area contributed by atoms with Gasteiger partial charge in [-0.15, -0.1) is 0 Å². The van der Waals surface area contributed by atoms with E-state index in [4.69, 9.17) is 12.2 Å². The molecule has 2 aromatic carbocycles. The summed E-state index contributed by atoms with van der Waals surface area (Å²) in [6.07, 6.45) is 1.72. The molecule has 0 fully saturated rings. The van der Waals surface area contributed by atoms with Crippen molar-refractivity contribution in [1.82, 2.24) is 15.8 Å². The van der Waals surface area contributed by atoms with Gasteiger partial charge in [0.05, 0.1) is 5.69 Å². The highest BCUT2D eigenvalue weighted by Gasteiger charge is 2.06. The van der Waals surface area contributed by atoms with Gasteiger partial charge in [-0.05, 0) is 55.5 Å². The number of hydrogen-bond donors (Lipinski definition) is 3. The first-order valence-electron chi connectivity index (χ1n) is 8.15. The number of thiocarbonyl (C=S) groups is 1. The summed E-state index contributed by atoms with van der Waals surface area (Å²) in [4.78, 5) is 9.00. The Kier molecular flexibility index (Phi) is 5.90. The summed E-state index contributed by atoms with van der Waals surface area (Å²) in [5.41, 5.74) is 9.64. The second kappa shape index (κ2) is 8.73. The molecule has 0 amide bonds. The molecule has 3 aromatic rings. The maximum absolute atomic E-state index is 5.33. The fourth-order valence-corrected chi connectivity index (χ4v) is 2.37. The topological polar surface area (TPSA) is 61.3 Å². The number of pyridine rings is 1. The highest BCUT2D eigenvalue weighted by atomic mass is 32.1. The summed E-state index contributed by atoms with van der Waals surface area (Å²) >= 11 is 5.33. The standard InChI is InChI=1S/C20H19N5S/c1-15-10-12-17(13-11-15)22-19(18-9-5-6-14-21-18)24-25-20(26)23-16-7-3-2-4-8-16/h2-14H,1H3,(H,22,24)(H2,23,25,26). The predicted octanol–water partition coefficient (Wildman–Crippen LogP) is 3.96. The molecule has 26 heavy (non-hydrogen) atoms. The van der Waals surface area contributed by atoms with Crippen LogP contribution in [0.4, 0.5) is 11.4 Å². The van der Waals surface area contributed by atoms with E-state index in [0.717, 1.165) is 11.4 Å². The summed E-state index contributed by atoms with van der Waals surface area (Å²) in [6.45, 7) is 2.04. The van der Waals surface area contributed by atoms with Gasteiger partial charge in [0.15, 0.2) is 10.9 Å². The number of aromatic nitrogens is 1. The zero-order chi connectivity index (χ0) is 18.2. The molecule has 6 heteroatoms. The van der Waals surface area contributed by atoms with Crippen molar-refractivity contribution >= 4 is 34.5 Å². The molecule has 0 radical (unpaired) electrons. The predicted molar refractivity (Wildman–Crippen MR) is 111 cm³/mol. The molecule has 0 unspecified atom stereocenters. The third-order valence-electron chi connectivity index (χ3n) is 3.51. The Bertz CT molecular complexity index is 877. The van der Waals surface area contributed by atoms with Crippen LogP contribution in [0.2, 0.25) is 0 Å². The molecule has 0 spiro atoms. The lowest BCUT2D eigenvalue weighted by atomic mass is 10.2. The van der Waals surface area contributed by atoms with E-state index in [1.165, 1.54) is 5.56 Å². The highest BCUT2D eigenvalue weighted by Crippen LogP contribution is 2.13. The third-order valence-corrected chi connectivity index (χ3v) is 3.71. The minimum absolute atomic E-state index is 0.434. The first-order chi connectivity index (χ1) is 12.7. The molecule has 0 aliphatic heterocycles. The zero-order valence-electron chi connectivity index (χ0n) is 14.3. The van der Waals surface area contributed by atoms with Gasteiger partial charge in [-0.3, -0.25) is 15.8 Å². The number of hydrazine groups is 1. The number of nitrogens with zero attached hydrogens (tertiary/aromatic N) is 2. The molecule has 130 valence electrons.